The molecule has 0 aromatic heterocycles. The summed E-state index contributed by atoms with van der Waals surface area (Å²) in [6, 6.07) is 5.00. The molecule has 0 N–H and O–H groups in total. The number of hydrogen-bond acceptors (Lipinski definition) is 4. The van der Waals surface area contributed by atoms with Crippen molar-refractivity contribution in [1.29, 1.82) is 0 Å². The van der Waals surface area contributed by atoms with E-state index in [-0.39, 0.29) is 0 Å². The fourth-order valence-corrected chi connectivity index (χ4v) is 6.20. The van der Waals surface area contributed by atoms with E-state index in [4.69, 9.17) is 9.47 Å². The Hall–Kier alpha value is -1.84. The van der Waals surface area contributed by atoms with Crippen LogP contribution in [-0.2, 0) is 44.7 Å². The Morgan fingerprint density at radius 3 is 1.12 bits per heavy atom. The van der Waals surface area contributed by atoms with Crippen molar-refractivity contribution in [2.45, 2.75) is 181 Å². The van der Waals surface area contributed by atoms with Crippen molar-refractivity contribution in [3.63, 3.8) is 0 Å². The zero-order valence-corrected chi connectivity index (χ0v) is 27.7. The Morgan fingerprint density at radius 2 is 0.738 bits per heavy atom. The van der Waals surface area contributed by atoms with Crippen molar-refractivity contribution in [2.75, 3.05) is 13.2 Å². The summed E-state index contributed by atoms with van der Waals surface area (Å²) in [6.45, 7) is 6.85. The molecular formula is C38H66O4. The number of aryl methyl sites for hydroxylation is 2. The van der Waals surface area contributed by atoms with Gasteiger partial charge in [-0.3, -0.25) is 9.59 Å². The third kappa shape index (κ3) is 20.1. The molecule has 0 bridgehead atoms. The summed E-state index contributed by atoms with van der Waals surface area (Å²) in [5, 5.41) is 0. The van der Waals surface area contributed by atoms with Crippen LogP contribution >= 0.6 is 0 Å². The lowest BCUT2D eigenvalue weighted by Crippen LogP contribution is -2.07. The second-order valence-electron chi connectivity index (χ2n) is 12.3. The number of hydrogen-bond donors (Lipinski definition) is 0. The van der Waals surface area contributed by atoms with Crippen LogP contribution in [0.15, 0.2) is 12.1 Å². The molecule has 0 spiro atoms. The summed E-state index contributed by atoms with van der Waals surface area (Å²) < 4.78 is 9.65. The standard InChI is InChI=1S/C38H66O4/c1-3-5-7-9-15-21-27-37-35(25-19-8-6-4-2)29-30-36(26-20-14-10-12-17-23-31-41-33-39)38(37)28-22-16-11-13-18-24-32-42-34-40/h29-30,33-34H,3-28,31-32H2,1-2H3. The van der Waals surface area contributed by atoms with Gasteiger partial charge in [-0.05, 0) is 86.5 Å². The molecule has 0 heterocycles. The van der Waals surface area contributed by atoms with Gasteiger partial charge in [0.25, 0.3) is 12.9 Å². The van der Waals surface area contributed by atoms with Crippen molar-refractivity contribution >= 4 is 12.9 Å². The van der Waals surface area contributed by atoms with Gasteiger partial charge in [-0.15, -0.1) is 0 Å². The normalized spacial score (nSPS) is 11.1. The van der Waals surface area contributed by atoms with E-state index >= 15 is 0 Å². The molecule has 1 aromatic rings. The molecule has 42 heavy (non-hydrogen) atoms. The molecular weight excluding hydrogens is 520 g/mol. The third-order valence-electron chi connectivity index (χ3n) is 8.74. The van der Waals surface area contributed by atoms with Crippen molar-refractivity contribution in [1.82, 2.24) is 0 Å². The second kappa shape index (κ2) is 29.2. The van der Waals surface area contributed by atoms with Gasteiger partial charge in [0.1, 0.15) is 0 Å². The molecule has 0 radical (unpaired) electrons. The molecule has 1 aromatic carbocycles. The van der Waals surface area contributed by atoms with Crippen LogP contribution < -0.4 is 0 Å². The van der Waals surface area contributed by atoms with Gasteiger partial charge in [0, 0.05) is 0 Å². The topological polar surface area (TPSA) is 52.6 Å². The predicted molar refractivity (Wildman–Crippen MR) is 178 cm³/mol. The number of carbonyl (C=O) groups is 2. The minimum atomic E-state index is 0.558. The highest BCUT2D eigenvalue weighted by Crippen LogP contribution is 2.28. The molecule has 0 aliphatic carbocycles. The highest BCUT2D eigenvalue weighted by molar-refractivity contribution is 5.42. The first-order chi connectivity index (χ1) is 20.8. The fourth-order valence-electron chi connectivity index (χ4n) is 6.20. The zero-order valence-electron chi connectivity index (χ0n) is 27.7. The largest absolute Gasteiger partial charge is 0.468 e. The summed E-state index contributed by atoms with van der Waals surface area (Å²) >= 11 is 0. The van der Waals surface area contributed by atoms with Gasteiger partial charge in [-0.25, -0.2) is 0 Å². The van der Waals surface area contributed by atoms with Gasteiger partial charge in [-0.2, -0.15) is 0 Å². The average Bonchev–Trinajstić information content (AvgIpc) is 3.00. The first-order valence-corrected chi connectivity index (χ1v) is 18.0. The Kier molecular flexibility index (Phi) is 26.6. The zero-order chi connectivity index (χ0) is 30.4. The molecule has 0 aliphatic rings. The predicted octanol–water partition coefficient (Wildman–Crippen LogP) is 10.8. The van der Waals surface area contributed by atoms with Gasteiger partial charge in [0.15, 0.2) is 0 Å². The summed E-state index contributed by atoms with van der Waals surface area (Å²) in [7, 11) is 0. The molecule has 0 saturated heterocycles. The molecule has 0 fully saturated rings. The van der Waals surface area contributed by atoms with Gasteiger partial charge in [-0.1, -0.05) is 129 Å². The highest BCUT2D eigenvalue weighted by atomic mass is 16.5. The van der Waals surface area contributed by atoms with Crippen LogP contribution in [0.25, 0.3) is 0 Å². The first kappa shape index (κ1) is 38.2. The minimum Gasteiger partial charge on any atom is -0.468 e. The maximum absolute atomic E-state index is 10.3. The first-order valence-electron chi connectivity index (χ1n) is 18.0. The van der Waals surface area contributed by atoms with E-state index in [9.17, 15) is 9.59 Å². The minimum absolute atomic E-state index is 0.558. The average molecular weight is 587 g/mol. The van der Waals surface area contributed by atoms with Crippen LogP contribution in [0.1, 0.15) is 177 Å². The Balaban J connectivity index is 2.82. The van der Waals surface area contributed by atoms with E-state index in [0.29, 0.717) is 26.2 Å². The van der Waals surface area contributed by atoms with Gasteiger partial charge in [0.2, 0.25) is 0 Å². The Labute approximate surface area is 260 Å². The number of carbonyl (C=O) groups excluding carboxylic acids is 2. The number of benzene rings is 1. The lowest BCUT2D eigenvalue weighted by atomic mass is 9.85. The summed E-state index contributed by atoms with van der Waals surface area (Å²) in [4.78, 5) is 20.6. The molecule has 4 nitrogen and oxygen atoms in total. The maximum Gasteiger partial charge on any atom is 0.293 e. The van der Waals surface area contributed by atoms with Crippen LogP contribution in [0.5, 0.6) is 0 Å². The molecule has 0 saturated carbocycles. The van der Waals surface area contributed by atoms with Crippen molar-refractivity contribution in [3.8, 4) is 0 Å². The molecule has 0 amide bonds. The van der Waals surface area contributed by atoms with Crippen LogP contribution in [0, 0.1) is 0 Å². The Bertz CT molecular complexity index is 760. The monoisotopic (exact) mass is 586 g/mol. The number of unbranched alkanes of at least 4 members (excludes halogenated alkanes) is 18. The van der Waals surface area contributed by atoms with E-state index in [1.807, 2.05) is 0 Å². The summed E-state index contributed by atoms with van der Waals surface area (Å²) in [6.07, 6.45) is 32.8. The maximum atomic E-state index is 10.3. The van der Waals surface area contributed by atoms with Crippen LogP contribution in [0.4, 0.5) is 0 Å². The van der Waals surface area contributed by atoms with E-state index < -0.39 is 0 Å². The SMILES string of the molecule is CCCCCCCCc1c(CCCCCC)ccc(CCCCCCCCOC=O)c1CCCCCCCCOC=O. The van der Waals surface area contributed by atoms with Crippen molar-refractivity contribution in [3.05, 3.63) is 34.4 Å². The Morgan fingerprint density at radius 1 is 0.429 bits per heavy atom. The number of ether oxygens (including phenoxy) is 2. The van der Waals surface area contributed by atoms with Gasteiger partial charge in [0.05, 0.1) is 13.2 Å². The second-order valence-corrected chi connectivity index (χ2v) is 12.3. The van der Waals surface area contributed by atoms with Crippen LogP contribution in [0.2, 0.25) is 0 Å². The van der Waals surface area contributed by atoms with Crippen molar-refractivity contribution < 1.29 is 19.1 Å². The van der Waals surface area contributed by atoms with E-state index in [1.54, 1.807) is 22.3 Å². The lowest BCUT2D eigenvalue weighted by Gasteiger charge is -2.20. The summed E-state index contributed by atoms with van der Waals surface area (Å²) in [5.41, 5.74) is 6.70. The number of rotatable bonds is 32. The highest BCUT2D eigenvalue weighted by Gasteiger charge is 2.14. The van der Waals surface area contributed by atoms with Crippen LogP contribution in [0.3, 0.4) is 0 Å². The fraction of sp³-hybridized carbons (Fsp3) is 0.789. The molecule has 0 atom stereocenters. The quantitative estimate of drug-likeness (QED) is 0.0622. The molecule has 0 aliphatic heterocycles. The molecule has 1 rings (SSSR count). The van der Waals surface area contributed by atoms with E-state index in [0.717, 1.165) is 25.7 Å². The van der Waals surface area contributed by atoms with E-state index in [2.05, 4.69) is 26.0 Å². The summed E-state index contributed by atoms with van der Waals surface area (Å²) in [5.74, 6) is 0. The smallest absolute Gasteiger partial charge is 0.293 e. The molecule has 242 valence electrons. The van der Waals surface area contributed by atoms with Gasteiger partial charge >= 0.3 is 0 Å². The third-order valence-corrected chi connectivity index (χ3v) is 8.74. The van der Waals surface area contributed by atoms with Crippen LogP contribution in [-0.4, -0.2) is 26.2 Å². The molecule has 4 heteroatoms. The lowest BCUT2D eigenvalue weighted by molar-refractivity contribution is -0.129. The van der Waals surface area contributed by atoms with Crippen molar-refractivity contribution in [2.24, 2.45) is 0 Å². The molecule has 0 unspecified atom stereocenters. The van der Waals surface area contributed by atoms with Gasteiger partial charge < -0.3 is 9.47 Å². The van der Waals surface area contributed by atoms with E-state index in [1.165, 1.54) is 141 Å².